The number of hydrogen-bond acceptors (Lipinski definition) is 3. The minimum Gasteiger partial charge on any atom is -0.373 e. The molecule has 0 aromatic heterocycles. The monoisotopic (exact) mass is 280 g/mol. The van der Waals surface area contributed by atoms with Crippen molar-refractivity contribution < 1.29 is 9.13 Å². The molecule has 112 valence electrons. The van der Waals surface area contributed by atoms with Crippen LogP contribution in [0.5, 0.6) is 0 Å². The van der Waals surface area contributed by atoms with Gasteiger partial charge in [-0.25, -0.2) is 4.39 Å². The molecule has 0 amide bonds. The topological polar surface area (TPSA) is 38.5 Å². The van der Waals surface area contributed by atoms with Gasteiger partial charge in [0.1, 0.15) is 5.82 Å². The van der Waals surface area contributed by atoms with E-state index >= 15 is 0 Å². The number of nitrogens with zero attached hydrogens (tertiary/aromatic N) is 1. The Hall–Kier alpha value is -0.970. The number of benzene rings is 1. The number of hydrogen-bond donors (Lipinski definition) is 1. The van der Waals surface area contributed by atoms with E-state index in [9.17, 15) is 4.39 Å². The summed E-state index contributed by atoms with van der Waals surface area (Å²) >= 11 is 0. The lowest BCUT2D eigenvalue weighted by Crippen LogP contribution is -2.51. The number of morpholine rings is 1. The minimum absolute atomic E-state index is 0.00528. The molecule has 4 atom stereocenters. The average Bonchev–Trinajstić information content (AvgIpc) is 2.37. The molecule has 4 heteroatoms. The molecule has 3 nitrogen and oxygen atoms in total. The Morgan fingerprint density at radius 2 is 2.00 bits per heavy atom. The van der Waals surface area contributed by atoms with Gasteiger partial charge in [-0.1, -0.05) is 19.1 Å². The fourth-order valence-corrected chi connectivity index (χ4v) is 3.09. The van der Waals surface area contributed by atoms with Gasteiger partial charge in [-0.2, -0.15) is 0 Å². The highest BCUT2D eigenvalue weighted by Crippen LogP contribution is 2.28. The molecule has 2 N–H and O–H groups in total. The van der Waals surface area contributed by atoms with Crippen molar-refractivity contribution >= 4 is 0 Å². The van der Waals surface area contributed by atoms with Gasteiger partial charge in [0.25, 0.3) is 0 Å². The van der Waals surface area contributed by atoms with Crippen LogP contribution in [-0.2, 0) is 4.74 Å². The fraction of sp³-hybridized carbons (Fsp3) is 0.625. The standard InChI is InChI=1S/C16H25FN2O/c1-4-15(18)16(13-6-5-7-14(17)8-13)19-9-11(2)20-12(3)10-19/h5-8,11-12,15-16H,4,9-10,18H2,1-3H3/t11-,12+,15?,16?. The summed E-state index contributed by atoms with van der Waals surface area (Å²) in [4.78, 5) is 2.34. The Morgan fingerprint density at radius 1 is 1.35 bits per heavy atom. The Labute approximate surface area is 120 Å². The molecule has 1 heterocycles. The van der Waals surface area contributed by atoms with Gasteiger partial charge in [0.05, 0.1) is 18.2 Å². The fourth-order valence-electron chi connectivity index (χ4n) is 3.09. The van der Waals surface area contributed by atoms with Gasteiger partial charge in [0.15, 0.2) is 0 Å². The maximum Gasteiger partial charge on any atom is 0.123 e. The third-order valence-corrected chi connectivity index (χ3v) is 3.91. The van der Waals surface area contributed by atoms with Crippen LogP contribution in [0.25, 0.3) is 0 Å². The second-order valence-corrected chi connectivity index (χ2v) is 5.78. The third-order valence-electron chi connectivity index (χ3n) is 3.91. The summed E-state index contributed by atoms with van der Waals surface area (Å²) < 4.78 is 19.3. The SMILES string of the molecule is CCC(N)C(c1cccc(F)c1)N1C[C@@H](C)O[C@@H](C)C1. The highest BCUT2D eigenvalue weighted by Gasteiger charge is 2.31. The molecule has 1 aliphatic heterocycles. The smallest absolute Gasteiger partial charge is 0.123 e. The quantitative estimate of drug-likeness (QED) is 0.921. The van der Waals surface area contributed by atoms with Crippen LogP contribution in [0.2, 0.25) is 0 Å². The van der Waals surface area contributed by atoms with Crippen LogP contribution in [0.4, 0.5) is 4.39 Å². The lowest BCUT2D eigenvalue weighted by Gasteiger charge is -2.42. The molecule has 0 bridgehead atoms. The molecule has 2 unspecified atom stereocenters. The average molecular weight is 280 g/mol. The normalized spacial score (nSPS) is 27.2. The Kier molecular flexibility index (Phi) is 5.13. The van der Waals surface area contributed by atoms with E-state index in [2.05, 4.69) is 25.7 Å². The second-order valence-electron chi connectivity index (χ2n) is 5.78. The van der Waals surface area contributed by atoms with Gasteiger partial charge in [-0.3, -0.25) is 4.90 Å². The first-order valence-corrected chi connectivity index (χ1v) is 7.41. The number of ether oxygens (including phenoxy) is 1. The minimum atomic E-state index is -0.204. The molecule has 0 spiro atoms. The highest BCUT2D eigenvalue weighted by molar-refractivity contribution is 5.22. The number of nitrogens with two attached hydrogens (primary N) is 1. The van der Waals surface area contributed by atoms with E-state index in [-0.39, 0.29) is 30.1 Å². The van der Waals surface area contributed by atoms with Crippen molar-refractivity contribution in [3.8, 4) is 0 Å². The Morgan fingerprint density at radius 3 is 2.55 bits per heavy atom. The van der Waals surface area contributed by atoms with E-state index in [0.717, 1.165) is 25.1 Å². The predicted octanol–water partition coefficient (Wildman–Crippen LogP) is 2.71. The lowest BCUT2D eigenvalue weighted by atomic mass is 9.95. The van der Waals surface area contributed by atoms with Crippen molar-refractivity contribution in [3.63, 3.8) is 0 Å². The molecule has 1 fully saturated rings. The molecule has 0 saturated carbocycles. The molecule has 20 heavy (non-hydrogen) atoms. The molecule has 1 saturated heterocycles. The summed E-state index contributed by atoms with van der Waals surface area (Å²) in [5.41, 5.74) is 7.28. The van der Waals surface area contributed by atoms with E-state index in [1.54, 1.807) is 12.1 Å². The maximum absolute atomic E-state index is 13.5. The van der Waals surface area contributed by atoms with E-state index in [1.807, 2.05) is 6.07 Å². The Balaban J connectivity index is 2.27. The first-order chi connectivity index (χ1) is 9.51. The van der Waals surface area contributed by atoms with Crippen LogP contribution >= 0.6 is 0 Å². The van der Waals surface area contributed by atoms with E-state index < -0.39 is 0 Å². The molecule has 1 aliphatic rings. The highest BCUT2D eigenvalue weighted by atomic mass is 19.1. The van der Waals surface area contributed by atoms with Crippen molar-refractivity contribution in [2.24, 2.45) is 5.73 Å². The number of rotatable bonds is 4. The molecule has 1 aromatic rings. The molecular weight excluding hydrogens is 255 g/mol. The van der Waals surface area contributed by atoms with Crippen LogP contribution in [0.1, 0.15) is 38.8 Å². The summed E-state index contributed by atoms with van der Waals surface area (Å²) in [5.74, 6) is -0.204. The van der Waals surface area contributed by atoms with Crippen LogP contribution in [0, 0.1) is 5.82 Å². The largest absolute Gasteiger partial charge is 0.373 e. The van der Waals surface area contributed by atoms with Crippen molar-refractivity contribution in [2.75, 3.05) is 13.1 Å². The summed E-state index contributed by atoms with van der Waals surface area (Å²) in [6.07, 6.45) is 1.22. The molecule has 1 aromatic carbocycles. The summed E-state index contributed by atoms with van der Waals surface area (Å²) in [6.45, 7) is 7.88. The third kappa shape index (κ3) is 3.57. The van der Waals surface area contributed by atoms with Crippen molar-refractivity contribution in [3.05, 3.63) is 35.6 Å². The first kappa shape index (κ1) is 15.4. The molecule has 2 rings (SSSR count). The Bertz CT molecular complexity index is 430. The zero-order chi connectivity index (χ0) is 14.7. The molecular formula is C16H25FN2O. The first-order valence-electron chi connectivity index (χ1n) is 7.41. The molecule has 0 aliphatic carbocycles. The zero-order valence-corrected chi connectivity index (χ0v) is 12.6. The van der Waals surface area contributed by atoms with Crippen LogP contribution in [0.15, 0.2) is 24.3 Å². The van der Waals surface area contributed by atoms with Crippen molar-refractivity contribution in [2.45, 2.75) is 51.5 Å². The summed E-state index contributed by atoms with van der Waals surface area (Å²) in [6, 6.07) is 6.84. The zero-order valence-electron chi connectivity index (χ0n) is 12.6. The van der Waals surface area contributed by atoms with Gasteiger partial charge >= 0.3 is 0 Å². The van der Waals surface area contributed by atoms with Crippen LogP contribution in [0.3, 0.4) is 0 Å². The van der Waals surface area contributed by atoms with Crippen molar-refractivity contribution in [1.29, 1.82) is 0 Å². The number of halogens is 1. The van der Waals surface area contributed by atoms with Gasteiger partial charge in [-0.15, -0.1) is 0 Å². The second kappa shape index (κ2) is 6.66. The van der Waals surface area contributed by atoms with E-state index in [4.69, 9.17) is 10.5 Å². The van der Waals surface area contributed by atoms with Gasteiger partial charge in [0.2, 0.25) is 0 Å². The van der Waals surface area contributed by atoms with E-state index in [1.165, 1.54) is 6.07 Å². The maximum atomic E-state index is 13.5. The van der Waals surface area contributed by atoms with Gasteiger partial charge in [-0.05, 0) is 38.0 Å². The van der Waals surface area contributed by atoms with Crippen molar-refractivity contribution in [1.82, 2.24) is 4.90 Å². The van der Waals surface area contributed by atoms with Crippen LogP contribution in [-0.4, -0.2) is 36.2 Å². The summed E-state index contributed by atoms with van der Waals surface area (Å²) in [7, 11) is 0. The predicted molar refractivity (Wildman–Crippen MR) is 79.0 cm³/mol. The van der Waals surface area contributed by atoms with Gasteiger partial charge in [0, 0.05) is 19.1 Å². The van der Waals surface area contributed by atoms with E-state index in [0.29, 0.717) is 0 Å². The van der Waals surface area contributed by atoms with Crippen LogP contribution < -0.4 is 5.73 Å². The lowest BCUT2D eigenvalue weighted by molar-refractivity contribution is -0.0838. The van der Waals surface area contributed by atoms with Gasteiger partial charge < -0.3 is 10.5 Å². The molecule has 0 radical (unpaired) electrons. The summed E-state index contributed by atoms with van der Waals surface area (Å²) in [5, 5.41) is 0.